The molecule has 0 bridgehead atoms. The zero-order valence-electron chi connectivity index (χ0n) is 15.0. The molecule has 1 aromatic carbocycles. The first kappa shape index (κ1) is 18.9. The van der Waals surface area contributed by atoms with Gasteiger partial charge in [-0.3, -0.25) is 4.79 Å². The van der Waals surface area contributed by atoms with E-state index in [0.717, 1.165) is 31.4 Å². The molecule has 4 rings (SSSR count). The summed E-state index contributed by atoms with van der Waals surface area (Å²) in [6.45, 7) is 0.287. The third-order valence-electron chi connectivity index (χ3n) is 5.19. The molecule has 0 saturated heterocycles. The lowest BCUT2D eigenvalue weighted by Gasteiger charge is -2.24. The van der Waals surface area contributed by atoms with Gasteiger partial charge in [0.15, 0.2) is 23.1 Å². The number of carbonyl (C=O) groups is 1. The van der Waals surface area contributed by atoms with Crippen LogP contribution in [0.3, 0.4) is 0 Å². The molecule has 1 saturated carbocycles. The number of carbonyl (C=O) groups excluding carboxylic acids is 1. The van der Waals surface area contributed by atoms with Gasteiger partial charge >= 0.3 is 0 Å². The average molecular weight is 411 g/mol. The number of benzene rings is 1. The van der Waals surface area contributed by atoms with Gasteiger partial charge in [-0.2, -0.15) is 0 Å². The molecule has 150 valence electrons. The van der Waals surface area contributed by atoms with Gasteiger partial charge in [0.05, 0.1) is 6.61 Å². The fourth-order valence-electron chi connectivity index (χ4n) is 3.78. The van der Waals surface area contributed by atoms with Crippen LogP contribution in [-0.2, 0) is 17.1 Å². The summed E-state index contributed by atoms with van der Waals surface area (Å²) < 4.78 is 61.9. The predicted octanol–water partition coefficient (Wildman–Crippen LogP) is 2.39. The summed E-state index contributed by atoms with van der Waals surface area (Å²) in [6, 6.07) is 2.77. The van der Waals surface area contributed by atoms with Gasteiger partial charge in [0.25, 0.3) is 5.91 Å². The molecule has 1 aromatic heterocycles. The Morgan fingerprint density at radius 2 is 2.07 bits per heavy atom. The SMILES string of the molecule is Cn1cc2c(c1C(=O)Nc1ccc(F)c(F)c1)OC[C@@H]1CCC[C@H]1NS2(=O)=O. The Bertz CT molecular complexity index is 1050. The molecule has 0 radical (unpaired) electrons. The molecule has 2 aromatic rings. The van der Waals surface area contributed by atoms with Crippen LogP contribution in [0.1, 0.15) is 29.8 Å². The van der Waals surface area contributed by atoms with Crippen molar-refractivity contribution in [2.45, 2.75) is 30.2 Å². The summed E-state index contributed by atoms with van der Waals surface area (Å²) in [7, 11) is -2.34. The molecule has 1 aliphatic carbocycles. The van der Waals surface area contributed by atoms with E-state index < -0.39 is 27.6 Å². The second-order valence-electron chi connectivity index (χ2n) is 7.09. The van der Waals surface area contributed by atoms with Crippen LogP contribution in [-0.4, -0.2) is 31.5 Å². The third kappa shape index (κ3) is 3.26. The van der Waals surface area contributed by atoms with Gasteiger partial charge < -0.3 is 14.6 Å². The van der Waals surface area contributed by atoms with Gasteiger partial charge in [-0.15, -0.1) is 0 Å². The second-order valence-corrected chi connectivity index (χ2v) is 8.78. The highest BCUT2D eigenvalue weighted by Crippen LogP contribution is 2.36. The number of halogens is 2. The second kappa shape index (κ2) is 6.85. The Morgan fingerprint density at radius 3 is 2.82 bits per heavy atom. The van der Waals surface area contributed by atoms with Crippen LogP contribution >= 0.6 is 0 Å². The number of nitrogens with zero attached hydrogens (tertiary/aromatic N) is 1. The molecule has 2 atom stereocenters. The lowest BCUT2D eigenvalue weighted by atomic mass is 10.1. The standard InChI is InChI=1S/C18H19F2N3O4S/c1-23-8-15-17(27-9-10-3-2-4-14(10)22-28(15,25)26)16(23)18(24)21-11-5-6-12(19)13(20)7-11/h5-8,10,14,22H,2-4,9H2,1H3,(H,21,24)/t10-,14+/m0/s1. The third-order valence-corrected chi connectivity index (χ3v) is 6.67. The summed E-state index contributed by atoms with van der Waals surface area (Å²) >= 11 is 0. The van der Waals surface area contributed by atoms with E-state index in [1.54, 1.807) is 0 Å². The van der Waals surface area contributed by atoms with Gasteiger partial charge in [0.1, 0.15) is 4.90 Å². The van der Waals surface area contributed by atoms with Crippen LogP contribution in [0.25, 0.3) is 0 Å². The highest BCUT2D eigenvalue weighted by Gasteiger charge is 2.38. The lowest BCUT2D eigenvalue weighted by Crippen LogP contribution is -2.41. The van der Waals surface area contributed by atoms with Gasteiger partial charge in [0, 0.05) is 37.0 Å². The number of aryl methyl sites for hydroxylation is 1. The van der Waals surface area contributed by atoms with E-state index in [4.69, 9.17) is 4.74 Å². The van der Waals surface area contributed by atoms with Crippen molar-refractivity contribution in [1.82, 2.24) is 9.29 Å². The molecule has 28 heavy (non-hydrogen) atoms. The Hall–Kier alpha value is -2.46. The van der Waals surface area contributed by atoms with Crippen LogP contribution in [0.15, 0.2) is 29.3 Å². The average Bonchev–Trinajstić information content (AvgIpc) is 3.18. The van der Waals surface area contributed by atoms with Crippen LogP contribution < -0.4 is 14.8 Å². The fourth-order valence-corrected chi connectivity index (χ4v) is 5.31. The van der Waals surface area contributed by atoms with E-state index in [2.05, 4.69) is 10.0 Å². The van der Waals surface area contributed by atoms with Crippen molar-refractivity contribution in [2.24, 2.45) is 13.0 Å². The Balaban J connectivity index is 1.70. The van der Waals surface area contributed by atoms with E-state index >= 15 is 0 Å². The number of fused-ring (bicyclic) bond motifs is 2. The molecule has 1 fully saturated rings. The smallest absolute Gasteiger partial charge is 0.276 e. The number of hydrogen-bond donors (Lipinski definition) is 2. The molecular weight excluding hydrogens is 392 g/mol. The molecule has 7 nitrogen and oxygen atoms in total. The maximum absolute atomic E-state index is 13.4. The first-order valence-electron chi connectivity index (χ1n) is 8.87. The number of sulfonamides is 1. The minimum Gasteiger partial charge on any atom is -0.489 e. The van der Waals surface area contributed by atoms with Crippen LogP contribution in [0.2, 0.25) is 0 Å². The molecule has 2 N–H and O–H groups in total. The largest absolute Gasteiger partial charge is 0.489 e. The van der Waals surface area contributed by atoms with Crippen molar-refractivity contribution in [3.63, 3.8) is 0 Å². The molecule has 2 aliphatic rings. The summed E-state index contributed by atoms with van der Waals surface area (Å²) in [4.78, 5) is 12.6. The quantitative estimate of drug-likeness (QED) is 0.794. The van der Waals surface area contributed by atoms with Crippen LogP contribution in [0.5, 0.6) is 5.75 Å². The zero-order valence-corrected chi connectivity index (χ0v) is 15.9. The van der Waals surface area contributed by atoms with Crippen LogP contribution in [0, 0.1) is 17.6 Å². The summed E-state index contributed by atoms with van der Waals surface area (Å²) in [6.07, 6.45) is 3.81. The van der Waals surface area contributed by atoms with Gasteiger partial charge in [0.2, 0.25) is 10.0 Å². The van der Waals surface area contributed by atoms with Crippen molar-refractivity contribution >= 4 is 21.6 Å². The number of anilines is 1. The van der Waals surface area contributed by atoms with Crippen molar-refractivity contribution in [1.29, 1.82) is 0 Å². The van der Waals surface area contributed by atoms with Crippen molar-refractivity contribution in [2.75, 3.05) is 11.9 Å². The summed E-state index contributed by atoms with van der Waals surface area (Å²) in [5.41, 5.74) is 0.0306. The Labute approximate surface area is 160 Å². The van der Waals surface area contributed by atoms with Crippen molar-refractivity contribution < 1.29 is 26.7 Å². The number of nitrogens with one attached hydrogen (secondary N) is 2. The van der Waals surface area contributed by atoms with Gasteiger partial charge in [-0.25, -0.2) is 21.9 Å². The minimum absolute atomic E-state index is 0.0124. The molecule has 10 heteroatoms. The van der Waals surface area contributed by atoms with E-state index in [1.165, 1.54) is 23.9 Å². The number of ether oxygens (including phenoxy) is 1. The normalized spacial score (nSPS) is 23.1. The maximum Gasteiger partial charge on any atom is 0.276 e. The van der Waals surface area contributed by atoms with Crippen molar-refractivity contribution in [3.8, 4) is 5.75 Å². The Kier molecular flexibility index (Phi) is 4.62. The summed E-state index contributed by atoms with van der Waals surface area (Å²) in [5.74, 6) is -2.83. The number of hydrogen-bond acceptors (Lipinski definition) is 4. The first-order chi connectivity index (χ1) is 13.3. The minimum atomic E-state index is -3.86. The fraction of sp³-hybridized carbons (Fsp3) is 0.389. The molecule has 0 unspecified atom stereocenters. The number of amides is 1. The highest BCUT2D eigenvalue weighted by atomic mass is 32.2. The zero-order chi connectivity index (χ0) is 20.1. The lowest BCUT2D eigenvalue weighted by molar-refractivity contribution is 0.101. The van der Waals surface area contributed by atoms with Crippen LogP contribution in [0.4, 0.5) is 14.5 Å². The number of aromatic nitrogens is 1. The van der Waals surface area contributed by atoms with E-state index in [-0.39, 0.29) is 40.6 Å². The van der Waals surface area contributed by atoms with Gasteiger partial charge in [-0.05, 0) is 25.0 Å². The Morgan fingerprint density at radius 1 is 1.29 bits per heavy atom. The summed E-state index contributed by atoms with van der Waals surface area (Å²) in [5, 5.41) is 2.45. The monoisotopic (exact) mass is 411 g/mol. The molecule has 1 amide bonds. The molecule has 0 spiro atoms. The number of rotatable bonds is 2. The first-order valence-corrected chi connectivity index (χ1v) is 10.4. The van der Waals surface area contributed by atoms with E-state index in [9.17, 15) is 22.0 Å². The van der Waals surface area contributed by atoms with E-state index in [1.807, 2.05) is 0 Å². The highest BCUT2D eigenvalue weighted by molar-refractivity contribution is 7.89. The molecular formula is C18H19F2N3O4S. The molecule has 2 heterocycles. The van der Waals surface area contributed by atoms with Gasteiger partial charge in [-0.1, -0.05) is 6.42 Å². The predicted molar refractivity (Wildman–Crippen MR) is 96.7 cm³/mol. The van der Waals surface area contributed by atoms with E-state index in [0.29, 0.717) is 0 Å². The maximum atomic E-state index is 13.4. The topological polar surface area (TPSA) is 89.4 Å². The van der Waals surface area contributed by atoms with Crippen molar-refractivity contribution in [3.05, 3.63) is 41.7 Å². The molecule has 1 aliphatic heterocycles.